The van der Waals surface area contributed by atoms with Crippen molar-refractivity contribution in [1.82, 2.24) is 15.1 Å². The standard InChI is InChI=1S/C26H30BrN3O4/c1-17(2)34-21-8-6-18(7-9-21)24(31)22-23(19-4-3-5-20(27)16-19)30(26(33)25(22)32)15-14-29-12-10-28-11-13-29/h3-9,16-17,23,28,31H,10-15H2,1-2H3. The van der Waals surface area contributed by atoms with E-state index in [4.69, 9.17) is 4.74 Å². The van der Waals surface area contributed by atoms with E-state index in [0.717, 1.165) is 36.2 Å². The molecule has 180 valence electrons. The number of nitrogens with zero attached hydrogens (tertiary/aromatic N) is 2. The Hall–Kier alpha value is -2.68. The van der Waals surface area contributed by atoms with Crippen LogP contribution in [0.4, 0.5) is 0 Å². The summed E-state index contributed by atoms with van der Waals surface area (Å²) < 4.78 is 6.52. The second-order valence-corrected chi connectivity index (χ2v) is 9.75. The number of piperazine rings is 1. The number of carbonyl (C=O) groups is 2. The summed E-state index contributed by atoms with van der Waals surface area (Å²) >= 11 is 3.49. The molecule has 2 aromatic carbocycles. The van der Waals surface area contributed by atoms with Gasteiger partial charge in [-0.25, -0.2) is 0 Å². The fourth-order valence-corrected chi connectivity index (χ4v) is 4.85. The minimum Gasteiger partial charge on any atom is -0.507 e. The molecule has 0 radical (unpaired) electrons. The molecule has 0 aliphatic carbocycles. The average molecular weight is 528 g/mol. The summed E-state index contributed by atoms with van der Waals surface area (Å²) in [5, 5.41) is 14.5. The highest BCUT2D eigenvalue weighted by atomic mass is 79.9. The molecule has 7 nitrogen and oxygen atoms in total. The SMILES string of the molecule is CC(C)Oc1ccc(C(O)=C2C(=O)C(=O)N(CCN3CCNCC3)C2c2cccc(Br)c2)cc1. The molecule has 2 aliphatic rings. The Balaban J connectivity index is 1.70. The Labute approximate surface area is 208 Å². The van der Waals surface area contributed by atoms with Crippen LogP contribution in [0.15, 0.2) is 58.6 Å². The fraction of sp³-hybridized carbons (Fsp3) is 0.385. The first-order valence-electron chi connectivity index (χ1n) is 11.6. The maximum atomic E-state index is 13.2. The van der Waals surface area contributed by atoms with Gasteiger partial charge in [0.15, 0.2) is 0 Å². The van der Waals surface area contributed by atoms with E-state index in [1.165, 1.54) is 0 Å². The van der Waals surface area contributed by atoms with Gasteiger partial charge in [0.2, 0.25) is 0 Å². The van der Waals surface area contributed by atoms with Gasteiger partial charge in [-0.1, -0.05) is 28.1 Å². The molecule has 0 spiro atoms. The third kappa shape index (κ3) is 5.35. The van der Waals surface area contributed by atoms with Crippen molar-refractivity contribution >= 4 is 33.4 Å². The predicted molar refractivity (Wildman–Crippen MR) is 135 cm³/mol. The smallest absolute Gasteiger partial charge is 0.295 e. The van der Waals surface area contributed by atoms with Crippen LogP contribution in [0.1, 0.15) is 31.0 Å². The lowest BCUT2D eigenvalue weighted by Gasteiger charge is -2.31. The van der Waals surface area contributed by atoms with Crippen LogP contribution in [-0.4, -0.2) is 72.0 Å². The summed E-state index contributed by atoms with van der Waals surface area (Å²) in [6.45, 7) is 8.56. The highest BCUT2D eigenvalue weighted by Gasteiger charge is 2.46. The van der Waals surface area contributed by atoms with E-state index in [2.05, 4.69) is 26.1 Å². The number of rotatable bonds is 7. The van der Waals surface area contributed by atoms with Gasteiger partial charge in [-0.15, -0.1) is 0 Å². The van der Waals surface area contributed by atoms with Gasteiger partial charge in [0.25, 0.3) is 11.7 Å². The Kier molecular flexibility index (Phi) is 7.70. The molecule has 1 unspecified atom stereocenters. The number of hydrogen-bond donors (Lipinski definition) is 2. The molecule has 2 N–H and O–H groups in total. The van der Waals surface area contributed by atoms with Gasteiger partial charge < -0.3 is 20.1 Å². The molecule has 0 aromatic heterocycles. The zero-order valence-corrected chi connectivity index (χ0v) is 21.0. The molecule has 1 amide bonds. The van der Waals surface area contributed by atoms with Crippen molar-refractivity contribution < 1.29 is 19.4 Å². The number of benzene rings is 2. The number of aliphatic hydroxyl groups is 1. The Bertz CT molecular complexity index is 1080. The van der Waals surface area contributed by atoms with Crippen LogP contribution in [0.3, 0.4) is 0 Å². The number of carbonyl (C=O) groups excluding carboxylic acids is 2. The molecule has 34 heavy (non-hydrogen) atoms. The van der Waals surface area contributed by atoms with Crippen molar-refractivity contribution in [3.05, 3.63) is 69.7 Å². The van der Waals surface area contributed by atoms with E-state index >= 15 is 0 Å². The second-order valence-electron chi connectivity index (χ2n) is 8.83. The van der Waals surface area contributed by atoms with Gasteiger partial charge in [-0.05, 0) is 55.8 Å². The molecule has 2 aliphatic heterocycles. The Morgan fingerprint density at radius 2 is 1.82 bits per heavy atom. The highest BCUT2D eigenvalue weighted by Crippen LogP contribution is 2.40. The number of hydrogen-bond acceptors (Lipinski definition) is 6. The van der Waals surface area contributed by atoms with Gasteiger partial charge in [-0.2, -0.15) is 0 Å². The van der Waals surface area contributed by atoms with Crippen molar-refractivity contribution in [3.8, 4) is 5.75 Å². The molecule has 2 saturated heterocycles. The van der Waals surface area contributed by atoms with Crippen LogP contribution in [0.25, 0.3) is 5.76 Å². The maximum Gasteiger partial charge on any atom is 0.295 e. The van der Waals surface area contributed by atoms with Gasteiger partial charge in [0.05, 0.1) is 17.7 Å². The maximum absolute atomic E-state index is 13.2. The van der Waals surface area contributed by atoms with E-state index in [1.54, 1.807) is 29.2 Å². The van der Waals surface area contributed by atoms with Crippen LogP contribution in [0.2, 0.25) is 0 Å². The van der Waals surface area contributed by atoms with Crippen LogP contribution in [0.5, 0.6) is 5.75 Å². The largest absolute Gasteiger partial charge is 0.507 e. The molecule has 0 bridgehead atoms. The summed E-state index contributed by atoms with van der Waals surface area (Å²) in [6.07, 6.45) is 0.0250. The number of halogens is 1. The van der Waals surface area contributed by atoms with Crippen molar-refractivity contribution in [3.63, 3.8) is 0 Å². The zero-order chi connectivity index (χ0) is 24.2. The first-order valence-corrected chi connectivity index (χ1v) is 12.4. The quantitative estimate of drug-likeness (QED) is 0.325. The third-order valence-electron chi connectivity index (χ3n) is 6.07. The lowest BCUT2D eigenvalue weighted by atomic mass is 9.95. The lowest BCUT2D eigenvalue weighted by Crippen LogP contribution is -2.46. The molecule has 0 saturated carbocycles. The van der Waals surface area contributed by atoms with E-state index in [9.17, 15) is 14.7 Å². The van der Waals surface area contributed by atoms with Crippen LogP contribution in [0, 0.1) is 0 Å². The summed E-state index contributed by atoms with van der Waals surface area (Å²) in [7, 11) is 0. The lowest BCUT2D eigenvalue weighted by molar-refractivity contribution is -0.140. The zero-order valence-electron chi connectivity index (χ0n) is 19.5. The van der Waals surface area contributed by atoms with Crippen LogP contribution in [-0.2, 0) is 9.59 Å². The van der Waals surface area contributed by atoms with Crippen LogP contribution < -0.4 is 10.1 Å². The van der Waals surface area contributed by atoms with Crippen molar-refractivity contribution in [2.75, 3.05) is 39.3 Å². The minimum atomic E-state index is -0.662. The first-order chi connectivity index (χ1) is 16.3. The van der Waals surface area contributed by atoms with Crippen molar-refractivity contribution in [2.24, 2.45) is 0 Å². The number of ketones is 1. The van der Waals surface area contributed by atoms with Crippen LogP contribution >= 0.6 is 15.9 Å². The molecule has 4 rings (SSSR count). The Morgan fingerprint density at radius 1 is 1.12 bits per heavy atom. The van der Waals surface area contributed by atoms with E-state index in [-0.39, 0.29) is 17.4 Å². The molecule has 2 aromatic rings. The molecule has 2 fully saturated rings. The fourth-order valence-electron chi connectivity index (χ4n) is 4.44. The van der Waals surface area contributed by atoms with Gasteiger partial charge in [0, 0.05) is 49.3 Å². The summed E-state index contributed by atoms with van der Waals surface area (Å²) in [6, 6.07) is 13.8. The molecule has 8 heteroatoms. The van der Waals surface area contributed by atoms with Gasteiger partial charge >= 0.3 is 0 Å². The molecular formula is C26H30BrN3O4. The van der Waals surface area contributed by atoms with Gasteiger partial charge in [-0.3, -0.25) is 14.5 Å². The molecule has 1 atom stereocenters. The first kappa shape index (κ1) is 24.4. The predicted octanol–water partition coefficient (Wildman–Crippen LogP) is 3.56. The molecular weight excluding hydrogens is 498 g/mol. The second kappa shape index (κ2) is 10.7. The summed E-state index contributed by atoms with van der Waals surface area (Å²) in [5.74, 6) is -0.748. The third-order valence-corrected chi connectivity index (χ3v) is 6.56. The average Bonchev–Trinajstić information content (AvgIpc) is 3.08. The van der Waals surface area contributed by atoms with Crippen molar-refractivity contribution in [2.45, 2.75) is 26.0 Å². The number of amides is 1. The van der Waals surface area contributed by atoms with Gasteiger partial charge in [0.1, 0.15) is 11.5 Å². The van der Waals surface area contributed by atoms with E-state index in [1.807, 2.05) is 38.1 Å². The van der Waals surface area contributed by atoms with E-state index in [0.29, 0.717) is 24.4 Å². The number of likely N-dealkylation sites (tertiary alicyclic amines) is 1. The number of aliphatic hydroxyl groups excluding tert-OH is 1. The van der Waals surface area contributed by atoms with E-state index < -0.39 is 17.7 Å². The highest BCUT2D eigenvalue weighted by molar-refractivity contribution is 9.10. The minimum absolute atomic E-state index is 0.0250. The van der Waals surface area contributed by atoms with Crippen molar-refractivity contribution in [1.29, 1.82) is 0 Å². The normalized spacial score (nSPS) is 20.8. The number of ether oxygens (including phenoxy) is 1. The number of Topliss-reactive ketones (excluding diaryl/α,β-unsaturated/α-hetero) is 1. The summed E-state index contributed by atoms with van der Waals surface area (Å²) in [4.78, 5) is 30.2. The monoisotopic (exact) mass is 527 g/mol. The molecule has 2 heterocycles. The number of nitrogens with one attached hydrogen (secondary N) is 1. The Morgan fingerprint density at radius 3 is 2.47 bits per heavy atom. The summed E-state index contributed by atoms with van der Waals surface area (Å²) in [5.41, 5.74) is 1.35. The topological polar surface area (TPSA) is 82.1 Å².